The van der Waals surface area contributed by atoms with Crippen LogP contribution in [0.5, 0.6) is 0 Å². The molecule has 7 heteroatoms. The number of carbonyl (C=O) groups excluding carboxylic acids is 2. The minimum Gasteiger partial charge on any atom is -0.463 e. The van der Waals surface area contributed by atoms with Gasteiger partial charge in [-0.1, -0.05) is 40.2 Å². The molecule has 5 nitrogen and oxygen atoms in total. The predicted molar refractivity (Wildman–Crippen MR) is 124 cm³/mol. The lowest BCUT2D eigenvalue weighted by atomic mass is 10.1. The Morgan fingerprint density at radius 2 is 1.93 bits per heavy atom. The van der Waals surface area contributed by atoms with Crippen LogP contribution >= 0.6 is 27.3 Å². The number of halogens is 1. The van der Waals surface area contributed by atoms with E-state index in [0.717, 1.165) is 27.7 Å². The second kappa shape index (κ2) is 10.5. The number of benzene rings is 2. The number of amides is 1. The number of carbonyl (C=O) groups is 2. The van der Waals surface area contributed by atoms with Gasteiger partial charge in [0.25, 0.3) is 5.91 Å². The molecule has 30 heavy (non-hydrogen) atoms. The van der Waals surface area contributed by atoms with Crippen LogP contribution in [0.2, 0.25) is 0 Å². The van der Waals surface area contributed by atoms with Gasteiger partial charge in [-0.15, -0.1) is 11.3 Å². The lowest BCUT2D eigenvalue weighted by Crippen LogP contribution is -2.12. The lowest BCUT2D eigenvalue weighted by molar-refractivity contribution is -0.147. The molecule has 156 valence electrons. The standard InChI is InChI=1S/C23H23BrN2O3S/c1-15(2)29-21(27)8-3-5-16-9-11-17(12-10-16)22(28)26-23-25-20(14-30-23)18-6-4-7-19(24)13-18/h4,6-7,9-15H,3,5,8H2,1-2H3,(H,25,26,28). The number of anilines is 1. The van der Waals surface area contributed by atoms with Crippen LogP contribution in [0.3, 0.4) is 0 Å². The van der Waals surface area contributed by atoms with Crippen molar-refractivity contribution in [1.82, 2.24) is 4.98 Å². The van der Waals surface area contributed by atoms with E-state index >= 15 is 0 Å². The van der Waals surface area contributed by atoms with E-state index in [4.69, 9.17) is 4.74 Å². The fourth-order valence-corrected chi connectivity index (χ4v) is 3.98. The number of hydrogen-bond donors (Lipinski definition) is 1. The van der Waals surface area contributed by atoms with E-state index in [1.165, 1.54) is 11.3 Å². The number of nitrogens with zero attached hydrogens (tertiary/aromatic N) is 1. The van der Waals surface area contributed by atoms with Crippen molar-refractivity contribution in [2.75, 3.05) is 5.32 Å². The highest BCUT2D eigenvalue weighted by molar-refractivity contribution is 9.10. The number of rotatable bonds is 8. The van der Waals surface area contributed by atoms with Gasteiger partial charge >= 0.3 is 5.97 Å². The van der Waals surface area contributed by atoms with Crippen molar-refractivity contribution >= 4 is 44.3 Å². The number of nitrogens with one attached hydrogen (secondary N) is 1. The zero-order valence-electron chi connectivity index (χ0n) is 16.9. The lowest BCUT2D eigenvalue weighted by Gasteiger charge is -2.08. The van der Waals surface area contributed by atoms with Crippen LogP contribution in [-0.2, 0) is 16.0 Å². The Bertz CT molecular complexity index is 1020. The molecule has 0 unspecified atom stereocenters. The van der Waals surface area contributed by atoms with Gasteiger partial charge in [-0.3, -0.25) is 14.9 Å². The monoisotopic (exact) mass is 486 g/mol. The van der Waals surface area contributed by atoms with Crippen LogP contribution in [0.25, 0.3) is 11.3 Å². The predicted octanol–water partition coefficient (Wildman–Crippen LogP) is 6.10. The molecule has 1 N–H and O–H groups in total. The molecule has 0 atom stereocenters. The summed E-state index contributed by atoms with van der Waals surface area (Å²) in [5.41, 5.74) is 3.46. The van der Waals surface area contributed by atoms with Gasteiger partial charge in [0, 0.05) is 27.4 Å². The maximum Gasteiger partial charge on any atom is 0.306 e. The molecule has 0 aliphatic carbocycles. The third-order valence-corrected chi connectivity index (χ3v) is 5.53. The van der Waals surface area contributed by atoms with Crippen LogP contribution in [-0.4, -0.2) is 23.0 Å². The van der Waals surface area contributed by atoms with Crippen molar-refractivity contribution < 1.29 is 14.3 Å². The Morgan fingerprint density at radius 1 is 1.17 bits per heavy atom. The third-order valence-electron chi connectivity index (χ3n) is 4.27. The molecule has 1 heterocycles. The first-order chi connectivity index (χ1) is 14.4. The zero-order valence-corrected chi connectivity index (χ0v) is 19.3. The Hall–Kier alpha value is -2.51. The summed E-state index contributed by atoms with van der Waals surface area (Å²) in [6, 6.07) is 15.3. The van der Waals surface area contributed by atoms with Gasteiger partial charge in [-0.05, 0) is 56.5 Å². The molecule has 0 saturated heterocycles. The molecule has 1 amide bonds. The summed E-state index contributed by atoms with van der Waals surface area (Å²) in [7, 11) is 0. The van der Waals surface area contributed by atoms with E-state index in [0.29, 0.717) is 23.5 Å². The van der Waals surface area contributed by atoms with Gasteiger partial charge in [0.15, 0.2) is 5.13 Å². The molecule has 0 aliphatic rings. The number of thiazole rings is 1. The smallest absolute Gasteiger partial charge is 0.306 e. The van der Waals surface area contributed by atoms with Crippen molar-refractivity contribution in [2.45, 2.75) is 39.2 Å². The molecule has 0 aliphatic heterocycles. The zero-order chi connectivity index (χ0) is 21.5. The van der Waals surface area contributed by atoms with E-state index in [2.05, 4.69) is 26.2 Å². The first-order valence-electron chi connectivity index (χ1n) is 9.72. The van der Waals surface area contributed by atoms with E-state index in [-0.39, 0.29) is 18.0 Å². The minimum atomic E-state index is -0.197. The largest absolute Gasteiger partial charge is 0.463 e. The van der Waals surface area contributed by atoms with Crippen molar-refractivity contribution in [3.63, 3.8) is 0 Å². The maximum atomic E-state index is 12.5. The van der Waals surface area contributed by atoms with Crippen LogP contribution in [0.15, 0.2) is 58.4 Å². The molecule has 0 bridgehead atoms. The maximum absolute atomic E-state index is 12.5. The Labute approximate surface area is 188 Å². The number of aromatic nitrogens is 1. The summed E-state index contributed by atoms with van der Waals surface area (Å²) in [6.07, 6.45) is 1.79. The first kappa shape index (κ1) is 22.2. The van der Waals surface area contributed by atoms with Gasteiger partial charge in [0.05, 0.1) is 11.8 Å². The molecule has 0 saturated carbocycles. The Kier molecular flexibility index (Phi) is 7.76. The summed E-state index contributed by atoms with van der Waals surface area (Å²) in [5, 5.41) is 5.33. The molecule has 0 radical (unpaired) electrons. The Balaban J connectivity index is 1.53. The molecule has 3 rings (SSSR count). The van der Waals surface area contributed by atoms with Gasteiger partial charge in [0.1, 0.15) is 0 Å². The average Bonchev–Trinajstić information content (AvgIpc) is 3.16. The molecular weight excluding hydrogens is 464 g/mol. The number of ether oxygens (including phenoxy) is 1. The highest BCUT2D eigenvalue weighted by Crippen LogP contribution is 2.27. The highest BCUT2D eigenvalue weighted by atomic mass is 79.9. The molecular formula is C23H23BrN2O3S. The SMILES string of the molecule is CC(C)OC(=O)CCCc1ccc(C(=O)Nc2nc(-c3cccc(Br)c3)cs2)cc1. The number of esters is 1. The van der Waals surface area contributed by atoms with Crippen LogP contribution < -0.4 is 5.32 Å². The fourth-order valence-electron chi connectivity index (χ4n) is 2.86. The van der Waals surface area contributed by atoms with Crippen molar-refractivity contribution in [1.29, 1.82) is 0 Å². The number of aryl methyl sites for hydroxylation is 1. The average molecular weight is 487 g/mol. The van der Waals surface area contributed by atoms with E-state index < -0.39 is 0 Å². The minimum absolute atomic E-state index is 0.0845. The second-order valence-corrected chi connectivity index (χ2v) is 8.87. The first-order valence-corrected chi connectivity index (χ1v) is 11.4. The van der Waals surface area contributed by atoms with E-state index in [1.54, 1.807) is 12.1 Å². The summed E-state index contributed by atoms with van der Waals surface area (Å²) in [4.78, 5) is 28.6. The summed E-state index contributed by atoms with van der Waals surface area (Å²) >= 11 is 4.85. The van der Waals surface area contributed by atoms with Crippen molar-refractivity contribution in [2.24, 2.45) is 0 Å². The summed E-state index contributed by atoms with van der Waals surface area (Å²) < 4.78 is 6.11. The number of hydrogen-bond acceptors (Lipinski definition) is 5. The molecule has 0 spiro atoms. The van der Waals surface area contributed by atoms with Gasteiger partial charge < -0.3 is 4.74 Å². The quantitative estimate of drug-likeness (QED) is 0.390. The van der Waals surface area contributed by atoms with Crippen molar-refractivity contribution in [3.8, 4) is 11.3 Å². The topological polar surface area (TPSA) is 68.3 Å². The summed E-state index contributed by atoms with van der Waals surface area (Å²) in [5.74, 6) is -0.371. The summed E-state index contributed by atoms with van der Waals surface area (Å²) in [6.45, 7) is 3.68. The van der Waals surface area contributed by atoms with Crippen LogP contribution in [0.1, 0.15) is 42.6 Å². The van der Waals surface area contributed by atoms with E-state index in [9.17, 15) is 9.59 Å². The molecule has 3 aromatic rings. The van der Waals surface area contributed by atoms with Gasteiger partial charge in [-0.2, -0.15) is 0 Å². The highest BCUT2D eigenvalue weighted by Gasteiger charge is 2.11. The fraction of sp³-hybridized carbons (Fsp3) is 0.261. The second-order valence-electron chi connectivity index (χ2n) is 7.09. The third kappa shape index (κ3) is 6.50. The van der Waals surface area contributed by atoms with Gasteiger partial charge in [0.2, 0.25) is 0 Å². The Morgan fingerprint density at radius 3 is 2.63 bits per heavy atom. The van der Waals surface area contributed by atoms with Crippen LogP contribution in [0, 0.1) is 0 Å². The normalized spacial score (nSPS) is 10.8. The van der Waals surface area contributed by atoms with Crippen molar-refractivity contribution in [3.05, 3.63) is 69.5 Å². The van der Waals surface area contributed by atoms with Gasteiger partial charge in [-0.25, -0.2) is 4.98 Å². The molecule has 2 aromatic carbocycles. The van der Waals surface area contributed by atoms with Crippen LogP contribution in [0.4, 0.5) is 5.13 Å². The molecule has 0 fully saturated rings. The molecule has 1 aromatic heterocycles. The van der Waals surface area contributed by atoms with E-state index in [1.807, 2.05) is 55.6 Å².